The van der Waals surface area contributed by atoms with Crippen molar-refractivity contribution in [3.63, 3.8) is 0 Å². The fourth-order valence-corrected chi connectivity index (χ4v) is 4.04. The molecule has 19 heavy (non-hydrogen) atoms. The summed E-state index contributed by atoms with van der Waals surface area (Å²) >= 11 is 7.82. The van der Waals surface area contributed by atoms with Crippen molar-refractivity contribution in [1.82, 2.24) is 0 Å². The summed E-state index contributed by atoms with van der Waals surface area (Å²) in [6, 6.07) is 4.05. The van der Waals surface area contributed by atoms with Gasteiger partial charge in [0.05, 0.1) is 14.2 Å². The molecule has 0 saturated carbocycles. The van der Waals surface area contributed by atoms with E-state index in [4.69, 9.17) is 21.1 Å². The van der Waals surface area contributed by atoms with Crippen LogP contribution in [0, 0.1) is 0 Å². The molecule has 1 aromatic carbocycles. The van der Waals surface area contributed by atoms with Gasteiger partial charge in [0.25, 0.3) is 0 Å². The maximum absolute atomic E-state index is 5.94. The zero-order valence-corrected chi connectivity index (χ0v) is 13.3. The number of alkyl halides is 1. The second kappa shape index (κ2) is 6.10. The first-order valence-electron chi connectivity index (χ1n) is 6.28. The van der Waals surface area contributed by atoms with E-state index >= 15 is 0 Å². The van der Waals surface area contributed by atoms with Gasteiger partial charge in [-0.15, -0.1) is 23.4 Å². The van der Waals surface area contributed by atoms with Gasteiger partial charge in [0, 0.05) is 22.8 Å². The Kier molecular flexibility index (Phi) is 4.69. The van der Waals surface area contributed by atoms with Crippen LogP contribution in [0.15, 0.2) is 17.0 Å². The van der Waals surface area contributed by atoms with E-state index < -0.39 is 0 Å². The Morgan fingerprint density at radius 2 is 1.95 bits per heavy atom. The first-order valence-corrected chi connectivity index (χ1v) is 7.70. The van der Waals surface area contributed by atoms with E-state index in [0.29, 0.717) is 11.1 Å². The highest BCUT2D eigenvalue weighted by molar-refractivity contribution is 8.03. The summed E-state index contributed by atoms with van der Waals surface area (Å²) in [5.74, 6) is 2.38. The van der Waals surface area contributed by atoms with Crippen LogP contribution in [0.3, 0.4) is 0 Å². The number of hydrogen-bond donors (Lipinski definition) is 0. The van der Waals surface area contributed by atoms with Gasteiger partial charge in [-0.05, 0) is 42.4 Å². The first kappa shape index (κ1) is 14.6. The summed E-state index contributed by atoms with van der Waals surface area (Å²) in [6.07, 6.45) is 0.937. The van der Waals surface area contributed by atoms with E-state index in [-0.39, 0.29) is 0 Å². The Balaban J connectivity index is 2.63. The van der Waals surface area contributed by atoms with E-state index in [1.54, 1.807) is 14.2 Å². The van der Waals surface area contributed by atoms with E-state index in [1.807, 2.05) is 17.8 Å². The van der Waals surface area contributed by atoms with Crippen LogP contribution < -0.4 is 9.47 Å². The Morgan fingerprint density at radius 1 is 1.21 bits per heavy atom. The molecule has 1 atom stereocenters. The SMILES string of the molecule is COc1cc(OC)c2c(c1)C(C)=C(C)SC2CCCl. The number of fused-ring (bicyclic) bond motifs is 1. The maximum atomic E-state index is 5.94. The molecule has 4 heteroatoms. The lowest BCUT2D eigenvalue weighted by Crippen LogP contribution is -2.08. The predicted octanol–water partition coefficient (Wildman–Crippen LogP) is 4.87. The van der Waals surface area contributed by atoms with Crippen LogP contribution in [-0.4, -0.2) is 20.1 Å². The lowest BCUT2D eigenvalue weighted by Gasteiger charge is -2.28. The topological polar surface area (TPSA) is 18.5 Å². The number of thioether (sulfide) groups is 1. The third kappa shape index (κ3) is 2.72. The molecule has 0 aromatic heterocycles. The van der Waals surface area contributed by atoms with E-state index in [2.05, 4.69) is 19.9 Å². The van der Waals surface area contributed by atoms with E-state index in [1.165, 1.54) is 21.6 Å². The molecule has 0 N–H and O–H groups in total. The molecule has 1 unspecified atom stereocenters. The van der Waals surface area contributed by atoms with E-state index in [0.717, 1.165) is 17.9 Å². The summed E-state index contributed by atoms with van der Waals surface area (Å²) in [5.41, 5.74) is 3.77. The maximum Gasteiger partial charge on any atom is 0.127 e. The van der Waals surface area contributed by atoms with Crippen molar-refractivity contribution < 1.29 is 9.47 Å². The van der Waals surface area contributed by atoms with Gasteiger partial charge >= 0.3 is 0 Å². The van der Waals surface area contributed by atoms with E-state index in [9.17, 15) is 0 Å². The average Bonchev–Trinajstić information content (AvgIpc) is 2.43. The zero-order chi connectivity index (χ0) is 14.0. The summed E-state index contributed by atoms with van der Waals surface area (Å²) in [4.78, 5) is 1.35. The van der Waals surface area contributed by atoms with Crippen LogP contribution in [0.2, 0.25) is 0 Å². The van der Waals surface area contributed by atoms with Crippen molar-refractivity contribution >= 4 is 28.9 Å². The molecule has 2 nitrogen and oxygen atoms in total. The lowest BCUT2D eigenvalue weighted by molar-refractivity contribution is 0.390. The Labute approximate surface area is 124 Å². The van der Waals surface area contributed by atoms with Gasteiger partial charge in [0.15, 0.2) is 0 Å². The molecule has 1 aliphatic rings. The van der Waals surface area contributed by atoms with Gasteiger partial charge in [-0.3, -0.25) is 0 Å². The zero-order valence-electron chi connectivity index (χ0n) is 11.7. The van der Waals surface area contributed by atoms with Crippen molar-refractivity contribution in [1.29, 1.82) is 0 Å². The molecule has 1 heterocycles. The summed E-state index contributed by atoms with van der Waals surface area (Å²) < 4.78 is 10.9. The molecular formula is C15H19ClO2S. The van der Waals surface area contributed by atoms with Gasteiger partial charge in [0.1, 0.15) is 11.5 Å². The van der Waals surface area contributed by atoms with Crippen LogP contribution >= 0.6 is 23.4 Å². The molecule has 1 aliphatic heterocycles. The van der Waals surface area contributed by atoms with Crippen molar-refractivity contribution in [2.45, 2.75) is 25.5 Å². The Morgan fingerprint density at radius 3 is 2.53 bits per heavy atom. The van der Waals surface area contributed by atoms with Gasteiger partial charge in [-0.2, -0.15) is 0 Å². The molecule has 0 bridgehead atoms. The average molecular weight is 299 g/mol. The highest BCUT2D eigenvalue weighted by Gasteiger charge is 2.27. The van der Waals surface area contributed by atoms with Crippen LogP contribution in [0.5, 0.6) is 11.5 Å². The van der Waals surface area contributed by atoms with Crippen molar-refractivity contribution in [2.75, 3.05) is 20.1 Å². The first-order chi connectivity index (χ1) is 9.12. The standard InChI is InChI=1S/C15H19ClO2S/c1-9-10(2)19-14(5-6-16)15-12(9)7-11(17-3)8-13(15)18-4/h7-8,14H,5-6H2,1-4H3. The highest BCUT2D eigenvalue weighted by atomic mass is 35.5. The lowest BCUT2D eigenvalue weighted by atomic mass is 9.95. The fourth-order valence-electron chi connectivity index (χ4n) is 2.38. The fraction of sp³-hybridized carbons (Fsp3) is 0.467. The molecule has 0 spiro atoms. The normalized spacial score (nSPS) is 18.3. The van der Waals surface area contributed by atoms with Crippen LogP contribution in [0.1, 0.15) is 36.6 Å². The summed E-state index contributed by atoms with van der Waals surface area (Å²) in [5, 5.41) is 0.358. The summed E-state index contributed by atoms with van der Waals surface area (Å²) in [6.45, 7) is 4.31. The van der Waals surface area contributed by atoms with Crippen LogP contribution in [0.4, 0.5) is 0 Å². The third-order valence-corrected chi connectivity index (χ3v) is 5.15. The minimum atomic E-state index is 0.358. The molecule has 0 radical (unpaired) electrons. The van der Waals surface area contributed by atoms with Crippen molar-refractivity contribution in [2.24, 2.45) is 0 Å². The molecule has 0 amide bonds. The largest absolute Gasteiger partial charge is 0.497 e. The second-order valence-electron chi connectivity index (χ2n) is 4.56. The number of benzene rings is 1. The van der Waals surface area contributed by atoms with Gasteiger partial charge in [-0.25, -0.2) is 0 Å². The number of allylic oxidation sites excluding steroid dienone is 2. The Bertz CT molecular complexity index is 511. The quantitative estimate of drug-likeness (QED) is 0.739. The second-order valence-corrected chi connectivity index (χ2v) is 6.35. The predicted molar refractivity (Wildman–Crippen MR) is 83.5 cm³/mol. The van der Waals surface area contributed by atoms with Gasteiger partial charge in [0.2, 0.25) is 0 Å². The molecule has 0 fully saturated rings. The highest BCUT2D eigenvalue weighted by Crippen LogP contribution is 2.51. The number of halogens is 1. The molecule has 0 saturated heterocycles. The molecule has 104 valence electrons. The summed E-state index contributed by atoms with van der Waals surface area (Å²) in [7, 11) is 3.39. The van der Waals surface area contributed by atoms with Crippen molar-refractivity contribution in [3.8, 4) is 11.5 Å². The molecule has 2 rings (SSSR count). The van der Waals surface area contributed by atoms with Crippen molar-refractivity contribution in [3.05, 3.63) is 28.2 Å². The number of hydrogen-bond acceptors (Lipinski definition) is 3. The number of methoxy groups -OCH3 is 2. The smallest absolute Gasteiger partial charge is 0.127 e. The number of ether oxygens (including phenoxy) is 2. The monoisotopic (exact) mass is 298 g/mol. The molecule has 1 aromatic rings. The van der Waals surface area contributed by atoms with Gasteiger partial charge in [-0.1, -0.05) is 0 Å². The minimum absolute atomic E-state index is 0.358. The minimum Gasteiger partial charge on any atom is -0.497 e. The number of rotatable bonds is 4. The molecule has 0 aliphatic carbocycles. The Hall–Kier alpha value is -0.800. The molecular weight excluding hydrogens is 280 g/mol. The van der Waals surface area contributed by atoms with Crippen LogP contribution in [0.25, 0.3) is 5.57 Å². The third-order valence-electron chi connectivity index (χ3n) is 3.52. The van der Waals surface area contributed by atoms with Gasteiger partial charge < -0.3 is 9.47 Å². The van der Waals surface area contributed by atoms with Crippen LogP contribution in [-0.2, 0) is 0 Å².